The topological polar surface area (TPSA) is 49.9 Å². The SMILES string of the molecule is COc1ccc2c(c1)CCN1C[C@H]3CCCN(S(=O)(=O)CCCCl)[C@H]3C[C@@H]21.Cl. The Morgan fingerprint density at radius 1 is 1.29 bits per heavy atom. The van der Waals surface area contributed by atoms with E-state index >= 15 is 0 Å². The van der Waals surface area contributed by atoms with Gasteiger partial charge in [-0.25, -0.2) is 8.42 Å². The molecule has 0 aliphatic carbocycles. The fraction of sp³-hybridized carbons (Fsp3) is 0.700. The molecule has 5 nitrogen and oxygen atoms in total. The molecule has 1 aromatic rings. The Kier molecular flexibility index (Phi) is 7.19. The monoisotopic (exact) mass is 448 g/mol. The van der Waals surface area contributed by atoms with Crippen molar-refractivity contribution >= 4 is 34.0 Å². The number of halogens is 2. The largest absolute Gasteiger partial charge is 0.497 e. The molecule has 158 valence electrons. The minimum absolute atomic E-state index is 0. The Labute approximate surface area is 179 Å². The smallest absolute Gasteiger partial charge is 0.214 e. The summed E-state index contributed by atoms with van der Waals surface area (Å²) in [6.45, 7) is 2.71. The number of ether oxygens (including phenoxy) is 1. The zero-order valence-corrected chi connectivity index (χ0v) is 18.7. The molecule has 0 saturated carbocycles. The van der Waals surface area contributed by atoms with Crippen LogP contribution in [-0.4, -0.2) is 62.0 Å². The van der Waals surface area contributed by atoms with Gasteiger partial charge in [0.25, 0.3) is 0 Å². The molecular formula is C20H30Cl2N2O3S. The van der Waals surface area contributed by atoms with Crippen LogP contribution in [0.3, 0.4) is 0 Å². The molecule has 0 aromatic heterocycles. The summed E-state index contributed by atoms with van der Waals surface area (Å²) < 4.78 is 33.1. The van der Waals surface area contributed by atoms with E-state index in [1.54, 1.807) is 7.11 Å². The molecular weight excluding hydrogens is 419 g/mol. The maximum Gasteiger partial charge on any atom is 0.214 e. The average Bonchev–Trinajstić information content (AvgIpc) is 2.69. The number of alkyl halides is 1. The first kappa shape index (κ1) is 22.2. The zero-order chi connectivity index (χ0) is 19.0. The highest BCUT2D eigenvalue weighted by atomic mass is 35.5. The summed E-state index contributed by atoms with van der Waals surface area (Å²) in [6.07, 6.45) is 4.55. The fourth-order valence-corrected chi connectivity index (χ4v) is 7.33. The summed E-state index contributed by atoms with van der Waals surface area (Å²) in [5.41, 5.74) is 2.70. The van der Waals surface area contributed by atoms with E-state index in [4.69, 9.17) is 16.3 Å². The number of nitrogens with zero attached hydrogens (tertiary/aromatic N) is 2. The Bertz CT molecular complexity index is 790. The number of fused-ring (bicyclic) bond motifs is 4. The van der Waals surface area contributed by atoms with Crippen molar-refractivity contribution in [1.29, 1.82) is 0 Å². The van der Waals surface area contributed by atoms with Crippen molar-refractivity contribution in [3.05, 3.63) is 29.3 Å². The van der Waals surface area contributed by atoms with E-state index in [9.17, 15) is 8.42 Å². The lowest BCUT2D eigenvalue weighted by atomic mass is 9.77. The second kappa shape index (κ2) is 9.09. The van der Waals surface area contributed by atoms with Gasteiger partial charge in [-0.2, -0.15) is 4.31 Å². The average molecular weight is 449 g/mol. The number of piperidine rings is 2. The van der Waals surface area contributed by atoms with Crippen molar-refractivity contribution in [2.24, 2.45) is 5.92 Å². The highest BCUT2D eigenvalue weighted by Crippen LogP contribution is 2.44. The van der Waals surface area contributed by atoms with E-state index in [1.165, 1.54) is 11.1 Å². The van der Waals surface area contributed by atoms with Crippen LogP contribution in [0.2, 0.25) is 0 Å². The number of rotatable bonds is 5. The number of benzene rings is 1. The summed E-state index contributed by atoms with van der Waals surface area (Å²) in [6, 6.07) is 6.79. The molecule has 3 heterocycles. The second-order valence-electron chi connectivity index (χ2n) is 8.00. The third-order valence-corrected chi connectivity index (χ3v) is 8.75. The number of hydrogen-bond acceptors (Lipinski definition) is 4. The lowest BCUT2D eigenvalue weighted by Gasteiger charge is -2.51. The molecule has 0 amide bonds. The molecule has 8 heteroatoms. The van der Waals surface area contributed by atoms with Crippen LogP contribution in [0.5, 0.6) is 5.75 Å². The van der Waals surface area contributed by atoms with E-state index in [-0.39, 0.29) is 24.2 Å². The summed E-state index contributed by atoms with van der Waals surface area (Å²) in [4.78, 5) is 2.57. The van der Waals surface area contributed by atoms with Crippen LogP contribution >= 0.6 is 24.0 Å². The lowest BCUT2D eigenvalue weighted by molar-refractivity contribution is 0.0220. The van der Waals surface area contributed by atoms with Gasteiger partial charge >= 0.3 is 0 Å². The van der Waals surface area contributed by atoms with Gasteiger partial charge in [0.1, 0.15) is 5.75 Å². The van der Waals surface area contributed by atoms with E-state index in [0.717, 1.165) is 44.5 Å². The van der Waals surface area contributed by atoms with Crippen LogP contribution < -0.4 is 4.74 Å². The maximum absolute atomic E-state index is 12.9. The first-order chi connectivity index (χ1) is 13.0. The van der Waals surface area contributed by atoms with Crippen molar-refractivity contribution in [2.75, 3.05) is 38.4 Å². The predicted octanol–water partition coefficient (Wildman–Crippen LogP) is 3.46. The highest BCUT2D eigenvalue weighted by molar-refractivity contribution is 7.89. The molecule has 0 N–H and O–H groups in total. The first-order valence-electron chi connectivity index (χ1n) is 10.00. The van der Waals surface area contributed by atoms with E-state index in [2.05, 4.69) is 17.0 Å². The third kappa shape index (κ3) is 4.17. The molecule has 0 bridgehead atoms. The quantitative estimate of drug-likeness (QED) is 0.647. The maximum atomic E-state index is 12.9. The molecule has 28 heavy (non-hydrogen) atoms. The van der Waals surface area contributed by atoms with Gasteiger partial charge in [-0.05, 0) is 61.3 Å². The summed E-state index contributed by atoms with van der Waals surface area (Å²) in [7, 11) is -1.53. The van der Waals surface area contributed by atoms with Crippen LogP contribution in [0.15, 0.2) is 18.2 Å². The summed E-state index contributed by atoms with van der Waals surface area (Å²) >= 11 is 5.76. The zero-order valence-electron chi connectivity index (χ0n) is 16.3. The van der Waals surface area contributed by atoms with Crippen LogP contribution in [0, 0.1) is 5.92 Å². The number of methoxy groups -OCH3 is 1. The number of sulfonamides is 1. The van der Waals surface area contributed by atoms with E-state index < -0.39 is 10.0 Å². The molecule has 2 fully saturated rings. The standard InChI is InChI=1S/C20H29ClN2O3S.ClH/c1-26-17-5-6-18-15(12-17)7-10-22-14-16-4-2-9-23(19(16)13-20(18)22)27(24,25)11-3-8-21;/h5-6,12,16,19-20H,2-4,7-11,13-14H2,1H3;1H/t16-,19+,20+;/m1./s1. The Balaban J connectivity index is 0.00000225. The molecule has 0 radical (unpaired) electrons. The Morgan fingerprint density at radius 2 is 2.11 bits per heavy atom. The van der Waals surface area contributed by atoms with E-state index in [0.29, 0.717) is 30.8 Å². The van der Waals surface area contributed by atoms with Gasteiger partial charge in [0.2, 0.25) is 10.0 Å². The number of hydrogen-bond donors (Lipinski definition) is 0. The van der Waals surface area contributed by atoms with Crippen molar-refractivity contribution in [3.8, 4) is 5.75 Å². The van der Waals surface area contributed by atoms with Crippen LogP contribution in [0.1, 0.15) is 42.9 Å². The molecule has 2 saturated heterocycles. The van der Waals surface area contributed by atoms with Gasteiger partial charge in [0, 0.05) is 37.6 Å². The van der Waals surface area contributed by atoms with Crippen molar-refractivity contribution in [3.63, 3.8) is 0 Å². The van der Waals surface area contributed by atoms with Crippen LogP contribution in [0.25, 0.3) is 0 Å². The minimum Gasteiger partial charge on any atom is -0.497 e. The Morgan fingerprint density at radius 3 is 2.86 bits per heavy atom. The van der Waals surface area contributed by atoms with E-state index in [1.807, 2.05) is 10.4 Å². The lowest BCUT2D eigenvalue weighted by Crippen LogP contribution is -2.57. The molecule has 4 rings (SSSR count). The van der Waals surface area contributed by atoms with Crippen molar-refractivity contribution in [1.82, 2.24) is 9.21 Å². The summed E-state index contributed by atoms with van der Waals surface area (Å²) in [5, 5.41) is 0. The van der Waals surface area contributed by atoms with Gasteiger partial charge in [0.05, 0.1) is 12.9 Å². The van der Waals surface area contributed by atoms with Gasteiger partial charge in [0.15, 0.2) is 0 Å². The van der Waals surface area contributed by atoms with Gasteiger partial charge in [-0.1, -0.05) is 6.07 Å². The van der Waals surface area contributed by atoms with Gasteiger partial charge in [-0.15, -0.1) is 24.0 Å². The van der Waals surface area contributed by atoms with Gasteiger partial charge in [-0.3, -0.25) is 4.90 Å². The second-order valence-corrected chi connectivity index (χ2v) is 10.4. The van der Waals surface area contributed by atoms with Crippen molar-refractivity contribution in [2.45, 2.75) is 44.2 Å². The third-order valence-electron chi connectivity index (χ3n) is 6.51. The Hall–Kier alpha value is -0.530. The van der Waals surface area contributed by atoms with Crippen LogP contribution in [0.4, 0.5) is 0 Å². The molecule has 3 aliphatic heterocycles. The molecule has 3 atom stereocenters. The normalized spacial score (nSPS) is 27.9. The minimum atomic E-state index is -3.23. The summed E-state index contributed by atoms with van der Waals surface area (Å²) in [5.74, 6) is 1.91. The highest BCUT2D eigenvalue weighted by Gasteiger charge is 2.45. The molecule has 3 aliphatic rings. The molecule has 1 aromatic carbocycles. The molecule has 0 spiro atoms. The van der Waals surface area contributed by atoms with Gasteiger partial charge < -0.3 is 4.74 Å². The molecule has 0 unspecified atom stereocenters. The first-order valence-corrected chi connectivity index (χ1v) is 12.1. The fourth-order valence-electron chi connectivity index (χ4n) is 5.22. The van der Waals surface area contributed by atoms with Crippen LogP contribution in [-0.2, 0) is 16.4 Å². The van der Waals surface area contributed by atoms with Crippen molar-refractivity contribution < 1.29 is 13.2 Å². The predicted molar refractivity (Wildman–Crippen MR) is 115 cm³/mol.